The van der Waals surface area contributed by atoms with Crippen LogP contribution in [0.3, 0.4) is 0 Å². The largest absolute Gasteiger partial charge is 0.356 e. The molecule has 0 bridgehead atoms. The highest BCUT2D eigenvalue weighted by Gasteiger charge is 2.45. The molecule has 2 heterocycles. The van der Waals surface area contributed by atoms with Crippen LogP contribution in [0, 0.1) is 5.41 Å². The number of aryl methyl sites for hydroxylation is 1. The first-order valence-corrected chi connectivity index (χ1v) is 11.9. The number of halogens is 1. The summed E-state index contributed by atoms with van der Waals surface area (Å²) in [5.74, 6) is 2.02. The Labute approximate surface area is 182 Å². The summed E-state index contributed by atoms with van der Waals surface area (Å²) in [6.45, 7) is 6.22. The van der Waals surface area contributed by atoms with Crippen LogP contribution in [-0.2, 0) is 16.3 Å². The van der Waals surface area contributed by atoms with Crippen molar-refractivity contribution in [2.45, 2.75) is 26.2 Å². The van der Waals surface area contributed by atoms with Crippen molar-refractivity contribution in [2.75, 3.05) is 56.7 Å². The highest BCUT2D eigenvalue weighted by molar-refractivity contribution is 14.0. The van der Waals surface area contributed by atoms with Crippen LogP contribution in [0.5, 0.6) is 0 Å². The Hall–Kier alpha value is -0.690. The molecule has 3 rings (SSSR count). The van der Waals surface area contributed by atoms with Crippen LogP contribution < -0.4 is 10.2 Å². The molecule has 8 nitrogen and oxygen atoms in total. The van der Waals surface area contributed by atoms with Crippen molar-refractivity contribution >= 4 is 56.4 Å². The molecule has 2 aliphatic rings. The molecule has 1 aliphatic heterocycles. The van der Waals surface area contributed by atoms with Crippen LogP contribution in [0.15, 0.2) is 4.99 Å². The van der Waals surface area contributed by atoms with Gasteiger partial charge in [-0.1, -0.05) is 6.92 Å². The quantitative estimate of drug-likeness (QED) is 0.338. The van der Waals surface area contributed by atoms with E-state index >= 15 is 0 Å². The average molecular weight is 528 g/mol. The Bertz CT molecular complexity index is 755. The van der Waals surface area contributed by atoms with Crippen LogP contribution in [0.25, 0.3) is 0 Å². The second kappa shape index (κ2) is 9.21. The molecule has 0 spiro atoms. The van der Waals surface area contributed by atoms with Gasteiger partial charge in [-0.05, 0) is 12.8 Å². The molecule has 0 atom stereocenters. The lowest BCUT2D eigenvalue weighted by Crippen LogP contribution is -2.53. The van der Waals surface area contributed by atoms with E-state index in [2.05, 4.69) is 36.4 Å². The fourth-order valence-electron chi connectivity index (χ4n) is 3.33. The summed E-state index contributed by atoms with van der Waals surface area (Å²) in [5, 5.41) is 4.39. The van der Waals surface area contributed by atoms with Gasteiger partial charge < -0.3 is 15.1 Å². The van der Waals surface area contributed by atoms with E-state index in [0.717, 1.165) is 62.4 Å². The minimum atomic E-state index is -2.95. The minimum absolute atomic E-state index is 0. The lowest BCUT2D eigenvalue weighted by molar-refractivity contribution is 0.367. The molecule has 0 unspecified atom stereocenters. The van der Waals surface area contributed by atoms with E-state index in [9.17, 15) is 8.42 Å². The number of aliphatic imine (C=N–C) groups is 1. The molecule has 1 N–H and O–H groups in total. The molecule has 0 radical (unpaired) electrons. The Balaban J connectivity index is 0.00000261. The number of aromatic nitrogens is 2. The molecule has 1 saturated carbocycles. The first-order valence-electron chi connectivity index (χ1n) is 9.05. The lowest BCUT2D eigenvalue weighted by Gasteiger charge is -2.36. The van der Waals surface area contributed by atoms with Crippen molar-refractivity contribution in [2.24, 2.45) is 10.4 Å². The molecule has 1 aliphatic carbocycles. The van der Waals surface area contributed by atoms with Crippen LogP contribution in [0.1, 0.15) is 25.6 Å². The predicted octanol–water partition coefficient (Wildman–Crippen LogP) is 1.24. The van der Waals surface area contributed by atoms with E-state index < -0.39 is 9.84 Å². The maximum Gasteiger partial charge on any atom is 0.205 e. The van der Waals surface area contributed by atoms with Crippen molar-refractivity contribution in [1.82, 2.24) is 19.6 Å². The Morgan fingerprint density at radius 1 is 1.30 bits per heavy atom. The van der Waals surface area contributed by atoms with E-state index in [1.807, 2.05) is 0 Å². The fraction of sp³-hybridized carbons (Fsp3) is 0.812. The number of sulfone groups is 1. The number of rotatable bonds is 6. The van der Waals surface area contributed by atoms with E-state index in [1.54, 1.807) is 7.05 Å². The zero-order valence-corrected chi connectivity index (χ0v) is 20.1. The molecule has 1 saturated heterocycles. The standard InChI is InChI=1S/C16H28N6O2S2.HI/c1-4-13-19-15(25-20-13)22-9-7-21(8-10-22)14(17-2)18-11-16(5-6-16)12-26(3,23)24;/h4-12H2,1-3H3,(H,17,18);1H. The van der Waals surface area contributed by atoms with E-state index in [-0.39, 0.29) is 35.1 Å². The van der Waals surface area contributed by atoms with Crippen LogP contribution >= 0.6 is 35.5 Å². The van der Waals surface area contributed by atoms with Crippen LogP contribution in [0.4, 0.5) is 5.13 Å². The van der Waals surface area contributed by atoms with Gasteiger partial charge in [0.15, 0.2) is 5.96 Å². The number of anilines is 1. The molecule has 11 heteroatoms. The molecule has 2 fully saturated rings. The first kappa shape index (κ1) is 22.6. The van der Waals surface area contributed by atoms with Crippen molar-refractivity contribution < 1.29 is 8.42 Å². The summed E-state index contributed by atoms with van der Waals surface area (Å²) in [6, 6.07) is 0. The first-order chi connectivity index (χ1) is 12.3. The van der Waals surface area contributed by atoms with Crippen LogP contribution in [0.2, 0.25) is 0 Å². The Morgan fingerprint density at radius 3 is 2.44 bits per heavy atom. The average Bonchev–Trinajstić information content (AvgIpc) is 3.18. The topological polar surface area (TPSA) is 90.8 Å². The van der Waals surface area contributed by atoms with Gasteiger partial charge in [0.05, 0.1) is 5.75 Å². The molecular formula is C16H29IN6O2S2. The Morgan fingerprint density at radius 2 is 1.96 bits per heavy atom. The zero-order valence-electron chi connectivity index (χ0n) is 16.1. The van der Waals surface area contributed by atoms with Gasteiger partial charge in [0.1, 0.15) is 15.7 Å². The maximum atomic E-state index is 11.6. The van der Waals surface area contributed by atoms with Gasteiger partial charge in [0, 0.05) is 69.4 Å². The molecule has 1 aromatic rings. The number of nitrogens with one attached hydrogen (secondary N) is 1. The SMILES string of the molecule is CCc1nsc(N2CCN(C(=NC)NCC3(CS(C)(=O)=O)CC3)CC2)n1.I. The van der Waals surface area contributed by atoms with E-state index in [4.69, 9.17) is 0 Å². The van der Waals surface area contributed by atoms with Gasteiger partial charge in [-0.2, -0.15) is 4.37 Å². The van der Waals surface area contributed by atoms with Crippen molar-refractivity contribution in [3.8, 4) is 0 Å². The third-order valence-corrected chi connectivity index (χ3v) is 6.93. The van der Waals surface area contributed by atoms with Gasteiger partial charge in [-0.25, -0.2) is 13.4 Å². The van der Waals surface area contributed by atoms with Crippen LogP contribution in [-0.4, -0.2) is 80.4 Å². The number of guanidine groups is 1. The molecule has 154 valence electrons. The zero-order chi connectivity index (χ0) is 18.8. The maximum absolute atomic E-state index is 11.6. The van der Waals surface area contributed by atoms with Gasteiger partial charge >= 0.3 is 0 Å². The molecular weight excluding hydrogens is 499 g/mol. The lowest BCUT2D eigenvalue weighted by atomic mass is 10.1. The highest BCUT2D eigenvalue weighted by Crippen LogP contribution is 2.46. The van der Waals surface area contributed by atoms with Gasteiger partial charge in [-0.3, -0.25) is 4.99 Å². The van der Waals surface area contributed by atoms with E-state index in [1.165, 1.54) is 17.8 Å². The van der Waals surface area contributed by atoms with Crippen molar-refractivity contribution in [3.05, 3.63) is 5.82 Å². The summed E-state index contributed by atoms with van der Waals surface area (Å²) in [5.41, 5.74) is -0.103. The summed E-state index contributed by atoms with van der Waals surface area (Å²) in [7, 11) is -1.17. The fourth-order valence-corrected chi connectivity index (χ4v) is 5.63. The van der Waals surface area contributed by atoms with Gasteiger partial charge in [-0.15, -0.1) is 24.0 Å². The predicted molar refractivity (Wildman–Crippen MR) is 121 cm³/mol. The van der Waals surface area contributed by atoms with E-state index in [0.29, 0.717) is 6.54 Å². The summed E-state index contributed by atoms with van der Waals surface area (Å²) < 4.78 is 27.6. The number of hydrogen-bond donors (Lipinski definition) is 1. The number of hydrogen-bond acceptors (Lipinski definition) is 7. The Kier molecular flexibility index (Phi) is 7.70. The highest BCUT2D eigenvalue weighted by atomic mass is 127. The summed E-state index contributed by atoms with van der Waals surface area (Å²) in [6.07, 6.45) is 4.12. The molecule has 1 aromatic heterocycles. The second-order valence-corrected chi connectivity index (χ2v) is 10.2. The number of nitrogens with zero attached hydrogens (tertiary/aromatic N) is 5. The minimum Gasteiger partial charge on any atom is -0.356 e. The summed E-state index contributed by atoms with van der Waals surface area (Å²) >= 11 is 1.47. The third kappa shape index (κ3) is 6.14. The molecule has 27 heavy (non-hydrogen) atoms. The van der Waals surface area contributed by atoms with Gasteiger partial charge in [0.2, 0.25) is 5.13 Å². The number of piperazine rings is 1. The normalized spacial score (nSPS) is 19.6. The van der Waals surface area contributed by atoms with Crippen molar-refractivity contribution in [1.29, 1.82) is 0 Å². The summed E-state index contributed by atoms with van der Waals surface area (Å²) in [4.78, 5) is 13.5. The second-order valence-electron chi connectivity index (χ2n) is 7.29. The third-order valence-electron chi connectivity index (χ3n) is 4.98. The van der Waals surface area contributed by atoms with Gasteiger partial charge in [0.25, 0.3) is 0 Å². The molecule has 0 aromatic carbocycles. The molecule has 0 amide bonds. The monoisotopic (exact) mass is 528 g/mol. The van der Waals surface area contributed by atoms with Crippen molar-refractivity contribution in [3.63, 3.8) is 0 Å². The smallest absolute Gasteiger partial charge is 0.205 e.